The van der Waals surface area contributed by atoms with Gasteiger partial charge in [-0.25, -0.2) is 4.98 Å². The van der Waals surface area contributed by atoms with Gasteiger partial charge in [0.1, 0.15) is 10.4 Å². The summed E-state index contributed by atoms with van der Waals surface area (Å²) in [5.41, 5.74) is 2.39. The number of imidazole rings is 1. The highest BCUT2D eigenvalue weighted by molar-refractivity contribution is 9.10. The molecule has 2 aromatic heterocycles. The molecule has 0 N–H and O–H groups in total. The average Bonchev–Trinajstić information content (AvgIpc) is 2.87. The van der Waals surface area contributed by atoms with Crippen LogP contribution in [0.15, 0.2) is 22.9 Å². The Morgan fingerprint density at radius 3 is 3.19 bits per heavy atom. The van der Waals surface area contributed by atoms with E-state index < -0.39 is 0 Å². The van der Waals surface area contributed by atoms with Gasteiger partial charge < -0.3 is 9.14 Å². The molecule has 0 radical (unpaired) electrons. The fourth-order valence-corrected chi connectivity index (χ4v) is 2.69. The van der Waals surface area contributed by atoms with E-state index in [1.807, 2.05) is 0 Å². The fraction of sp³-hybridized carbons (Fsp3) is 0.417. The molecule has 16 heavy (non-hydrogen) atoms. The Morgan fingerprint density at radius 1 is 1.56 bits per heavy atom. The zero-order valence-electron chi connectivity index (χ0n) is 9.11. The second kappa shape index (κ2) is 3.86. The Labute approximate surface area is 103 Å². The van der Waals surface area contributed by atoms with Gasteiger partial charge in [0.2, 0.25) is 0 Å². The summed E-state index contributed by atoms with van der Waals surface area (Å²) in [5, 5.41) is 0. The first-order valence-corrected chi connectivity index (χ1v) is 6.27. The minimum Gasteiger partial charge on any atom is -0.381 e. The van der Waals surface area contributed by atoms with E-state index in [1.165, 1.54) is 5.56 Å². The summed E-state index contributed by atoms with van der Waals surface area (Å²) < 4.78 is 8.52. The van der Waals surface area contributed by atoms with Gasteiger partial charge in [-0.15, -0.1) is 0 Å². The molecule has 1 unspecified atom stereocenters. The van der Waals surface area contributed by atoms with Crippen LogP contribution in [0.2, 0.25) is 0 Å². The molecule has 3 heterocycles. The van der Waals surface area contributed by atoms with Crippen LogP contribution in [0.25, 0.3) is 5.52 Å². The number of fused-ring (bicyclic) bond motifs is 1. The maximum Gasteiger partial charge on any atom is 0.132 e. The predicted octanol–water partition coefficient (Wildman–Crippen LogP) is 2.91. The molecule has 3 rings (SSSR count). The van der Waals surface area contributed by atoms with Gasteiger partial charge in [0.05, 0.1) is 12.1 Å². The Bertz CT molecular complexity index is 529. The molecule has 0 saturated carbocycles. The lowest BCUT2D eigenvalue weighted by Gasteiger charge is -2.06. The van der Waals surface area contributed by atoms with Crippen molar-refractivity contribution in [3.05, 3.63) is 34.3 Å². The number of aromatic nitrogens is 2. The number of aryl methyl sites for hydroxylation is 1. The minimum absolute atomic E-state index is 0.432. The lowest BCUT2D eigenvalue weighted by Crippen LogP contribution is -2.03. The largest absolute Gasteiger partial charge is 0.381 e. The second-order valence-electron chi connectivity index (χ2n) is 4.28. The topological polar surface area (TPSA) is 26.5 Å². The van der Waals surface area contributed by atoms with Gasteiger partial charge in [0.25, 0.3) is 0 Å². The molecule has 1 saturated heterocycles. The predicted molar refractivity (Wildman–Crippen MR) is 65.8 cm³/mol. The van der Waals surface area contributed by atoms with Crippen LogP contribution in [-0.2, 0) is 4.74 Å². The summed E-state index contributed by atoms with van der Waals surface area (Å²) in [5.74, 6) is 1.54. The zero-order chi connectivity index (χ0) is 11.1. The Balaban J connectivity index is 2.18. The molecule has 2 aromatic rings. The van der Waals surface area contributed by atoms with E-state index >= 15 is 0 Å². The van der Waals surface area contributed by atoms with Crippen molar-refractivity contribution in [3.63, 3.8) is 0 Å². The SMILES string of the molecule is Cc1ccn2c(C3CCOC3)nc(Br)c2c1. The smallest absolute Gasteiger partial charge is 0.132 e. The zero-order valence-corrected chi connectivity index (χ0v) is 10.7. The standard InChI is InChI=1S/C12H13BrN2O/c1-8-2-4-15-10(6-8)11(13)14-12(15)9-3-5-16-7-9/h2,4,6,9H,3,5,7H2,1H3. The number of hydrogen-bond donors (Lipinski definition) is 0. The number of hydrogen-bond acceptors (Lipinski definition) is 2. The Morgan fingerprint density at radius 2 is 2.44 bits per heavy atom. The minimum atomic E-state index is 0.432. The highest BCUT2D eigenvalue weighted by Crippen LogP contribution is 2.29. The third-order valence-electron chi connectivity index (χ3n) is 3.08. The molecular weight excluding hydrogens is 268 g/mol. The molecule has 1 aliphatic heterocycles. The van der Waals surface area contributed by atoms with Crippen LogP contribution in [0.3, 0.4) is 0 Å². The summed E-state index contributed by atoms with van der Waals surface area (Å²) in [4.78, 5) is 4.61. The molecule has 3 nitrogen and oxygen atoms in total. The average molecular weight is 281 g/mol. The summed E-state index contributed by atoms with van der Waals surface area (Å²) >= 11 is 3.53. The van der Waals surface area contributed by atoms with Crippen LogP contribution >= 0.6 is 15.9 Å². The van der Waals surface area contributed by atoms with Gasteiger partial charge in [-0.05, 0) is 47.0 Å². The van der Waals surface area contributed by atoms with E-state index in [0.29, 0.717) is 5.92 Å². The van der Waals surface area contributed by atoms with Gasteiger partial charge in [-0.2, -0.15) is 0 Å². The molecule has 4 heteroatoms. The summed E-state index contributed by atoms with van der Waals surface area (Å²) in [6, 6.07) is 4.26. The van der Waals surface area contributed by atoms with E-state index in [-0.39, 0.29) is 0 Å². The van der Waals surface area contributed by atoms with Crippen LogP contribution in [0, 0.1) is 6.92 Å². The van der Waals surface area contributed by atoms with Crippen LogP contribution in [0.5, 0.6) is 0 Å². The summed E-state index contributed by atoms with van der Waals surface area (Å²) in [6.45, 7) is 3.74. The molecule has 0 spiro atoms. The number of rotatable bonds is 1. The van der Waals surface area contributed by atoms with Crippen LogP contribution in [-0.4, -0.2) is 22.6 Å². The van der Waals surface area contributed by atoms with Gasteiger partial charge in [-0.3, -0.25) is 0 Å². The molecule has 1 fully saturated rings. The molecule has 0 bridgehead atoms. The van der Waals surface area contributed by atoms with Crippen molar-refractivity contribution >= 4 is 21.4 Å². The summed E-state index contributed by atoms with van der Waals surface area (Å²) in [7, 11) is 0. The first-order chi connectivity index (χ1) is 7.75. The number of nitrogens with zero attached hydrogens (tertiary/aromatic N) is 2. The molecule has 0 aliphatic carbocycles. The normalized spacial score (nSPS) is 20.8. The molecule has 1 aliphatic rings. The Kier molecular flexibility index (Phi) is 2.48. The maximum absolute atomic E-state index is 5.42. The molecule has 84 valence electrons. The molecule has 0 aromatic carbocycles. The van der Waals surface area contributed by atoms with Crippen molar-refractivity contribution in [1.82, 2.24) is 9.38 Å². The van der Waals surface area contributed by atoms with Crippen LogP contribution < -0.4 is 0 Å². The second-order valence-corrected chi connectivity index (χ2v) is 5.03. The van der Waals surface area contributed by atoms with Crippen molar-refractivity contribution in [1.29, 1.82) is 0 Å². The lowest BCUT2D eigenvalue weighted by molar-refractivity contribution is 0.193. The molecule has 1 atom stereocenters. The van der Waals surface area contributed by atoms with Gasteiger partial charge in [-0.1, -0.05) is 0 Å². The lowest BCUT2D eigenvalue weighted by atomic mass is 10.1. The first-order valence-electron chi connectivity index (χ1n) is 5.47. The quantitative estimate of drug-likeness (QED) is 0.803. The Hall–Kier alpha value is -0.870. The maximum atomic E-state index is 5.42. The molecule has 0 amide bonds. The van der Waals surface area contributed by atoms with E-state index in [2.05, 4.69) is 50.6 Å². The monoisotopic (exact) mass is 280 g/mol. The van der Waals surface area contributed by atoms with Gasteiger partial charge in [0, 0.05) is 18.7 Å². The van der Waals surface area contributed by atoms with E-state index in [0.717, 1.165) is 35.6 Å². The fourth-order valence-electron chi connectivity index (χ4n) is 2.20. The first kappa shape index (κ1) is 10.3. The highest BCUT2D eigenvalue weighted by Gasteiger charge is 2.23. The highest BCUT2D eigenvalue weighted by atomic mass is 79.9. The van der Waals surface area contributed by atoms with Crippen molar-refractivity contribution in [2.45, 2.75) is 19.3 Å². The third-order valence-corrected chi connectivity index (χ3v) is 3.66. The third kappa shape index (κ3) is 1.57. The van der Waals surface area contributed by atoms with Crippen molar-refractivity contribution in [2.75, 3.05) is 13.2 Å². The number of pyridine rings is 1. The van der Waals surface area contributed by atoms with E-state index in [4.69, 9.17) is 4.74 Å². The van der Waals surface area contributed by atoms with Crippen molar-refractivity contribution in [2.24, 2.45) is 0 Å². The van der Waals surface area contributed by atoms with Gasteiger partial charge in [0.15, 0.2) is 0 Å². The van der Waals surface area contributed by atoms with Crippen LogP contribution in [0.4, 0.5) is 0 Å². The van der Waals surface area contributed by atoms with E-state index in [9.17, 15) is 0 Å². The summed E-state index contributed by atoms with van der Waals surface area (Å²) in [6.07, 6.45) is 3.16. The molecular formula is C12H13BrN2O. The number of ether oxygens (including phenoxy) is 1. The van der Waals surface area contributed by atoms with Gasteiger partial charge >= 0.3 is 0 Å². The van der Waals surface area contributed by atoms with Crippen molar-refractivity contribution in [3.8, 4) is 0 Å². The van der Waals surface area contributed by atoms with Crippen molar-refractivity contribution < 1.29 is 4.74 Å². The van der Waals surface area contributed by atoms with E-state index in [1.54, 1.807) is 0 Å². The van der Waals surface area contributed by atoms with Crippen LogP contribution in [0.1, 0.15) is 23.7 Å². The number of halogens is 1.